The molecule has 0 fully saturated rings. The van der Waals surface area contributed by atoms with E-state index in [1.54, 1.807) is 18.2 Å². The number of aromatic amines is 1. The van der Waals surface area contributed by atoms with Crippen molar-refractivity contribution >= 4 is 35.3 Å². The molecule has 0 spiro atoms. The van der Waals surface area contributed by atoms with E-state index in [1.165, 1.54) is 44.7 Å². The number of H-pyrrole nitrogens is 1. The van der Waals surface area contributed by atoms with Crippen molar-refractivity contribution in [1.82, 2.24) is 15.6 Å². The lowest BCUT2D eigenvalue weighted by molar-refractivity contribution is 0.0949. The standard InChI is InChI=1S/C21H26Cl2N4O/c22-17-11-9-12-18(23)16(17)14-24-27-21(28)20-15-10-7-5-3-1-2-4-6-8-13-19(15)25-26-20/h9,11-12,14H,1-8,10,13H2,(H,25,26)(H,27,28)/b24-14-. The van der Waals surface area contributed by atoms with Crippen LogP contribution in [0.5, 0.6) is 0 Å². The summed E-state index contributed by atoms with van der Waals surface area (Å²) in [4.78, 5) is 12.6. The summed E-state index contributed by atoms with van der Waals surface area (Å²) in [5, 5.41) is 12.4. The van der Waals surface area contributed by atoms with E-state index in [4.69, 9.17) is 23.2 Å². The average molecular weight is 421 g/mol. The van der Waals surface area contributed by atoms with Crippen LogP contribution in [0.15, 0.2) is 23.3 Å². The molecule has 2 aromatic rings. The summed E-state index contributed by atoms with van der Waals surface area (Å²) >= 11 is 12.2. The van der Waals surface area contributed by atoms with Crippen molar-refractivity contribution in [2.75, 3.05) is 0 Å². The molecule has 0 atom stereocenters. The molecule has 5 nitrogen and oxygen atoms in total. The number of rotatable bonds is 3. The molecule has 0 radical (unpaired) electrons. The van der Waals surface area contributed by atoms with Gasteiger partial charge < -0.3 is 0 Å². The fourth-order valence-corrected chi connectivity index (χ4v) is 4.07. The third-order valence-corrected chi connectivity index (χ3v) is 5.79. The van der Waals surface area contributed by atoms with E-state index in [1.807, 2.05) is 0 Å². The smallest absolute Gasteiger partial charge is 0.281 e. The van der Waals surface area contributed by atoms with Crippen LogP contribution in [-0.4, -0.2) is 22.3 Å². The lowest BCUT2D eigenvalue weighted by Gasteiger charge is -2.08. The normalized spacial score (nSPS) is 16.2. The maximum atomic E-state index is 12.6. The van der Waals surface area contributed by atoms with E-state index in [-0.39, 0.29) is 5.91 Å². The molecule has 3 rings (SSSR count). The summed E-state index contributed by atoms with van der Waals surface area (Å²) < 4.78 is 0. The minimum atomic E-state index is -0.316. The van der Waals surface area contributed by atoms with Crippen LogP contribution in [-0.2, 0) is 12.8 Å². The molecule has 1 aliphatic rings. The summed E-state index contributed by atoms with van der Waals surface area (Å²) in [6.07, 6.45) is 13.1. The van der Waals surface area contributed by atoms with Gasteiger partial charge in [-0.05, 0) is 37.8 Å². The number of amides is 1. The molecule has 1 aromatic heterocycles. The van der Waals surface area contributed by atoms with E-state index in [2.05, 4.69) is 20.7 Å². The largest absolute Gasteiger partial charge is 0.292 e. The zero-order valence-electron chi connectivity index (χ0n) is 15.9. The molecular weight excluding hydrogens is 395 g/mol. The highest BCUT2D eigenvalue weighted by molar-refractivity contribution is 6.38. The number of hydrogen-bond acceptors (Lipinski definition) is 3. The predicted octanol–water partition coefficient (Wildman–Crippen LogP) is 5.70. The molecule has 0 bridgehead atoms. The first-order valence-corrected chi connectivity index (χ1v) is 10.8. The number of hydrogen-bond donors (Lipinski definition) is 2. The lowest BCUT2D eigenvalue weighted by atomic mass is 9.98. The number of aromatic nitrogens is 2. The summed E-state index contributed by atoms with van der Waals surface area (Å²) in [6, 6.07) is 5.21. The molecular formula is C21H26Cl2N4O. The van der Waals surface area contributed by atoms with Crippen LogP contribution in [0.2, 0.25) is 10.0 Å². The Kier molecular flexibility index (Phi) is 7.92. The Hall–Kier alpha value is -1.85. The van der Waals surface area contributed by atoms with Gasteiger partial charge in [0, 0.05) is 16.8 Å². The molecule has 1 aliphatic carbocycles. The van der Waals surface area contributed by atoms with E-state index in [0.717, 1.165) is 36.9 Å². The molecule has 150 valence electrons. The minimum absolute atomic E-state index is 0.316. The van der Waals surface area contributed by atoms with Crippen molar-refractivity contribution < 1.29 is 4.79 Å². The van der Waals surface area contributed by atoms with Crippen molar-refractivity contribution in [3.63, 3.8) is 0 Å². The molecule has 1 heterocycles. The van der Waals surface area contributed by atoms with E-state index in [0.29, 0.717) is 21.3 Å². The molecule has 0 saturated heterocycles. The molecule has 0 unspecified atom stereocenters. The van der Waals surface area contributed by atoms with Gasteiger partial charge >= 0.3 is 0 Å². The van der Waals surface area contributed by atoms with Crippen LogP contribution < -0.4 is 5.43 Å². The molecule has 7 heteroatoms. The number of carbonyl (C=O) groups is 1. The Morgan fingerprint density at radius 2 is 1.61 bits per heavy atom. The number of nitrogens with zero attached hydrogens (tertiary/aromatic N) is 2. The van der Waals surface area contributed by atoms with Gasteiger partial charge in [0.25, 0.3) is 5.91 Å². The first kappa shape index (κ1) is 20.9. The number of benzene rings is 1. The van der Waals surface area contributed by atoms with Crippen molar-refractivity contribution in [1.29, 1.82) is 0 Å². The monoisotopic (exact) mass is 420 g/mol. The number of fused-ring (bicyclic) bond motifs is 1. The molecule has 1 amide bonds. The van der Waals surface area contributed by atoms with Crippen LogP contribution in [0, 0.1) is 0 Å². The molecule has 0 saturated carbocycles. The van der Waals surface area contributed by atoms with Gasteiger partial charge in [0.15, 0.2) is 5.69 Å². The third-order valence-electron chi connectivity index (χ3n) is 5.13. The van der Waals surface area contributed by atoms with Gasteiger partial charge in [0.2, 0.25) is 0 Å². The maximum absolute atomic E-state index is 12.6. The van der Waals surface area contributed by atoms with Crippen LogP contribution in [0.25, 0.3) is 0 Å². The number of aryl methyl sites for hydroxylation is 1. The molecule has 28 heavy (non-hydrogen) atoms. The van der Waals surface area contributed by atoms with Crippen molar-refractivity contribution in [3.05, 3.63) is 50.8 Å². The Balaban J connectivity index is 1.70. The first-order chi connectivity index (χ1) is 13.7. The Morgan fingerprint density at radius 1 is 1.00 bits per heavy atom. The highest BCUT2D eigenvalue weighted by Crippen LogP contribution is 2.22. The van der Waals surface area contributed by atoms with E-state index < -0.39 is 0 Å². The van der Waals surface area contributed by atoms with E-state index in [9.17, 15) is 4.79 Å². The SMILES string of the molecule is O=C(N/N=C\c1c(Cl)cccc1Cl)c1n[nH]c2c1CCCCCCCCCC2. The van der Waals surface area contributed by atoms with Crippen LogP contribution in [0.1, 0.15) is 78.7 Å². The van der Waals surface area contributed by atoms with Crippen molar-refractivity contribution in [3.8, 4) is 0 Å². The Bertz CT molecular complexity index is 812. The lowest BCUT2D eigenvalue weighted by Crippen LogP contribution is -2.20. The average Bonchev–Trinajstić information content (AvgIpc) is 3.06. The molecule has 2 N–H and O–H groups in total. The second-order valence-electron chi connectivity index (χ2n) is 7.19. The summed E-state index contributed by atoms with van der Waals surface area (Å²) in [5.74, 6) is -0.316. The second kappa shape index (κ2) is 10.6. The summed E-state index contributed by atoms with van der Waals surface area (Å²) in [5.41, 5.74) is 5.69. The number of halogens is 2. The van der Waals surface area contributed by atoms with Gasteiger partial charge in [-0.2, -0.15) is 10.2 Å². The van der Waals surface area contributed by atoms with Crippen molar-refractivity contribution in [2.24, 2.45) is 5.10 Å². The molecule has 1 aromatic carbocycles. The zero-order chi connectivity index (χ0) is 19.8. The fraction of sp³-hybridized carbons (Fsp3) is 0.476. The maximum Gasteiger partial charge on any atom is 0.292 e. The quantitative estimate of drug-likeness (QED) is 0.493. The first-order valence-electron chi connectivity index (χ1n) is 10.0. The Morgan fingerprint density at radius 3 is 2.29 bits per heavy atom. The number of nitrogens with one attached hydrogen (secondary N) is 2. The second-order valence-corrected chi connectivity index (χ2v) is 8.01. The fourth-order valence-electron chi connectivity index (χ4n) is 3.57. The topological polar surface area (TPSA) is 70.1 Å². The number of carbonyl (C=O) groups excluding carboxylic acids is 1. The van der Waals surface area contributed by atoms with Crippen LogP contribution >= 0.6 is 23.2 Å². The highest BCUT2D eigenvalue weighted by Gasteiger charge is 2.19. The minimum Gasteiger partial charge on any atom is -0.281 e. The van der Waals surface area contributed by atoms with Gasteiger partial charge in [0.1, 0.15) is 0 Å². The van der Waals surface area contributed by atoms with Gasteiger partial charge in [-0.25, -0.2) is 5.43 Å². The Labute approximate surface area is 175 Å². The van der Waals surface area contributed by atoms with Gasteiger partial charge in [-0.3, -0.25) is 9.89 Å². The number of hydrazone groups is 1. The summed E-state index contributed by atoms with van der Waals surface area (Å²) in [6.45, 7) is 0. The summed E-state index contributed by atoms with van der Waals surface area (Å²) in [7, 11) is 0. The molecule has 0 aliphatic heterocycles. The van der Waals surface area contributed by atoms with Gasteiger partial charge in [-0.15, -0.1) is 0 Å². The predicted molar refractivity (Wildman–Crippen MR) is 114 cm³/mol. The van der Waals surface area contributed by atoms with E-state index >= 15 is 0 Å². The van der Waals surface area contributed by atoms with Crippen molar-refractivity contribution in [2.45, 2.75) is 64.2 Å². The van der Waals surface area contributed by atoms with Gasteiger partial charge in [0.05, 0.1) is 16.3 Å². The zero-order valence-corrected chi connectivity index (χ0v) is 17.5. The van der Waals surface area contributed by atoms with Crippen LogP contribution in [0.3, 0.4) is 0 Å². The van der Waals surface area contributed by atoms with Gasteiger partial charge in [-0.1, -0.05) is 67.8 Å². The highest BCUT2D eigenvalue weighted by atomic mass is 35.5. The van der Waals surface area contributed by atoms with Crippen LogP contribution in [0.4, 0.5) is 0 Å². The third kappa shape index (κ3) is 5.58.